The maximum Gasteiger partial charge on any atom is 0.330 e. The molecule has 0 spiro atoms. The maximum atomic E-state index is 11.4. The standard InChI is InChI=1S/C17H20N4O2/c1-3-18-16-13(10-11-15(22)23-4-2)12-19-17(21-16)20-14-8-6-5-7-9-14/h5-12H,3-4H2,1-2H3,(H2,18,19,20,21)/b11-10+. The Morgan fingerprint density at radius 3 is 2.74 bits per heavy atom. The third-order valence-corrected chi connectivity index (χ3v) is 2.88. The zero-order chi connectivity index (χ0) is 16.5. The van der Waals surface area contributed by atoms with E-state index in [9.17, 15) is 4.79 Å². The van der Waals surface area contributed by atoms with Gasteiger partial charge < -0.3 is 15.4 Å². The van der Waals surface area contributed by atoms with Gasteiger partial charge in [0, 0.05) is 30.1 Å². The van der Waals surface area contributed by atoms with Gasteiger partial charge in [-0.1, -0.05) is 18.2 Å². The van der Waals surface area contributed by atoms with E-state index in [0.29, 0.717) is 24.9 Å². The Balaban J connectivity index is 2.18. The molecule has 0 aliphatic carbocycles. The minimum absolute atomic E-state index is 0.347. The first-order chi connectivity index (χ1) is 11.2. The average molecular weight is 312 g/mol. The Kier molecular flexibility index (Phi) is 6.11. The lowest BCUT2D eigenvalue weighted by Crippen LogP contribution is -2.06. The first-order valence-electron chi connectivity index (χ1n) is 7.50. The van der Waals surface area contributed by atoms with Crippen molar-refractivity contribution < 1.29 is 9.53 Å². The third-order valence-electron chi connectivity index (χ3n) is 2.88. The number of nitrogens with one attached hydrogen (secondary N) is 2. The summed E-state index contributed by atoms with van der Waals surface area (Å²) in [7, 11) is 0. The van der Waals surface area contributed by atoms with Crippen LogP contribution in [0, 0.1) is 0 Å². The van der Waals surface area contributed by atoms with E-state index in [1.807, 2.05) is 37.3 Å². The van der Waals surface area contributed by atoms with E-state index in [1.54, 1.807) is 19.2 Å². The topological polar surface area (TPSA) is 76.1 Å². The van der Waals surface area contributed by atoms with Gasteiger partial charge in [-0.25, -0.2) is 9.78 Å². The van der Waals surface area contributed by atoms with Crippen LogP contribution in [0.3, 0.4) is 0 Å². The fraction of sp³-hybridized carbons (Fsp3) is 0.235. The van der Waals surface area contributed by atoms with Crippen molar-refractivity contribution in [3.63, 3.8) is 0 Å². The Bertz CT molecular complexity index is 672. The quantitative estimate of drug-likeness (QED) is 0.604. The number of hydrogen-bond acceptors (Lipinski definition) is 6. The molecule has 0 saturated carbocycles. The van der Waals surface area contributed by atoms with Gasteiger partial charge in [-0.05, 0) is 32.1 Å². The molecule has 2 rings (SSSR count). The van der Waals surface area contributed by atoms with Crippen LogP contribution in [0.4, 0.5) is 17.5 Å². The number of hydrogen-bond donors (Lipinski definition) is 2. The number of esters is 1. The second kappa shape index (κ2) is 8.53. The molecule has 0 unspecified atom stereocenters. The molecule has 0 fully saturated rings. The van der Waals surface area contributed by atoms with Gasteiger partial charge in [0.25, 0.3) is 0 Å². The van der Waals surface area contributed by atoms with Crippen molar-refractivity contribution in [2.45, 2.75) is 13.8 Å². The van der Waals surface area contributed by atoms with Gasteiger partial charge in [0.15, 0.2) is 0 Å². The summed E-state index contributed by atoms with van der Waals surface area (Å²) < 4.78 is 4.87. The van der Waals surface area contributed by atoms with Gasteiger partial charge in [0.1, 0.15) is 5.82 Å². The van der Waals surface area contributed by atoms with Crippen LogP contribution in [0.5, 0.6) is 0 Å². The predicted molar refractivity (Wildman–Crippen MR) is 91.6 cm³/mol. The van der Waals surface area contributed by atoms with Crippen molar-refractivity contribution in [2.75, 3.05) is 23.8 Å². The van der Waals surface area contributed by atoms with Gasteiger partial charge in [-0.2, -0.15) is 4.98 Å². The highest BCUT2D eigenvalue weighted by Gasteiger charge is 2.05. The Morgan fingerprint density at radius 1 is 1.26 bits per heavy atom. The second-order valence-electron chi connectivity index (χ2n) is 4.60. The van der Waals surface area contributed by atoms with Gasteiger partial charge in [-0.15, -0.1) is 0 Å². The highest BCUT2D eigenvalue weighted by molar-refractivity contribution is 5.88. The maximum absolute atomic E-state index is 11.4. The molecule has 0 atom stereocenters. The summed E-state index contributed by atoms with van der Waals surface area (Å²) in [6.45, 7) is 4.80. The van der Waals surface area contributed by atoms with E-state index in [4.69, 9.17) is 4.74 Å². The molecule has 0 radical (unpaired) electrons. The number of carbonyl (C=O) groups excluding carboxylic acids is 1. The van der Waals surface area contributed by atoms with Crippen LogP contribution in [0.1, 0.15) is 19.4 Å². The summed E-state index contributed by atoms with van der Waals surface area (Å²) in [5.41, 5.74) is 1.63. The summed E-state index contributed by atoms with van der Waals surface area (Å²) in [6, 6.07) is 9.68. The molecule has 0 saturated heterocycles. The molecule has 0 bridgehead atoms. The van der Waals surface area contributed by atoms with Gasteiger partial charge >= 0.3 is 5.97 Å². The van der Waals surface area contributed by atoms with Crippen LogP contribution in [0.25, 0.3) is 6.08 Å². The normalized spacial score (nSPS) is 10.5. The van der Waals surface area contributed by atoms with Gasteiger partial charge in [-0.3, -0.25) is 0 Å². The zero-order valence-corrected chi connectivity index (χ0v) is 13.2. The van der Waals surface area contributed by atoms with Crippen LogP contribution in [0.2, 0.25) is 0 Å². The summed E-state index contributed by atoms with van der Waals surface area (Å²) in [5, 5.41) is 6.30. The van der Waals surface area contributed by atoms with Crippen LogP contribution in [0.15, 0.2) is 42.6 Å². The Morgan fingerprint density at radius 2 is 2.04 bits per heavy atom. The molecule has 120 valence electrons. The molecular formula is C17H20N4O2. The molecule has 1 aromatic heterocycles. The zero-order valence-electron chi connectivity index (χ0n) is 13.2. The lowest BCUT2D eigenvalue weighted by molar-refractivity contribution is -0.137. The van der Waals surface area contributed by atoms with Crippen molar-refractivity contribution in [2.24, 2.45) is 0 Å². The molecule has 0 aliphatic heterocycles. The van der Waals surface area contributed by atoms with Crippen LogP contribution in [-0.4, -0.2) is 29.1 Å². The molecule has 2 aromatic rings. The molecule has 0 aliphatic rings. The highest BCUT2D eigenvalue weighted by atomic mass is 16.5. The summed E-state index contributed by atoms with van der Waals surface area (Å²) in [4.78, 5) is 20.1. The van der Waals surface area contributed by atoms with Crippen molar-refractivity contribution >= 4 is 29.5 Å². The molecule has 0 amide bonds. The lowest BCUT2D eigenvalue weighted by Gasteiger charge is -2.10. The van der Waals surface area contributed by atoms with Crippen LogP contribution >= 0.6 is 0 Å². The summed E-state index contributed by atoms with van der Waals surface area (Å²) in [6.07, 6.45) is 4.67. The number of carbonyl (C=O) groups is 1. The molecular weight excluding hydrogens is 292 g/mol. The van der Waals surface area contributed by atoms with E-state index < -0.39 is 0 Å². The Labute approximate surface area is 135 Å². The number of rotatable bonds is 7. The monoisotopic (exact) mass is 312 g/mol. The smallest absolute Gasteiger partial charge is 0.330 e. The number of nitrogens with zero attached hydrogens (tertiary/aromatic N) is 2. The predicted octanol–water partition coefficient (Wildman–Crippen LogP) is 3.23. The molecule has 23 heavy (non-hydrogen) atoms. The summed E-state index contributed by atoms with van der Waals surface area (Å²) in [5.74, 6) is 0.753. The minimum atomic E-state index is -0.388. The van der Waals surface area contributed by atoms with Crippen LogP contribution in [-0.2, 0) is 9.53 Å². The van der Waals surface area contributed by atoms with E-state index >= 15 is 0 Å². The number of ether oxygens (including phenoxy) is 1. The second-order valence-corrected chi connectivity index (χ2v) is 4.60. The Hall–Kier alpha value is -2.89. The fourth-order valence-electron chi connectivity index (χ4n) is 1.88. The first-order valence-corrected chi connectivity index (χ1v) is 7.50. The molecule has 2 N–H and O–H groups in total. The van der Waals surface area contributed by atoms with E-state index in [2.05, 4.69) is 20.6 Å². The first kappa shape index (κ1) is 16.5. The fourth-order valence-corrected chi connectivity index (χ4v) is 1.88. The van der Waals surface area contributed by atoms with Gasteiger partial charge in [0.2, 0.25) is 5.95 Å². The number of para-hydroxylation sites is 1. The molecule has 1 aromatic carbocycles. The number of anilines is 3. The minimum Gasteiger partial charge on any atom is -0.463 e. The van der Waals surface area contributed by atoms with Crippen LogP contribution < -0.4 is 10.6 Å². The number of benzene rings is 1. The van der Waals surface area contributed by atoms with Crippen molar-refractivity contribution in [3.05, 3.63) is 48.2 Å². The van der Waals surface area contributed by atoms with Crippen molar-refractivity contribution in [1.29, 1.82) is 0 Å². The molecule has 1 heterocycles. The van der Waals surface area contributed by atoms with E-state index in [-0.39, 0.29) is 5.97 Å². The average Bonchev–Trinajstić information content (AvgIpc) is 2.56. The summed E-state index contributed by atoms with van der Waals surface area (Å²) >= 11 is 0. The van der Waals surface area contributed by atoms with E-state index in [1.165, 1.54) is 6.08 Å². The van der Waals surface area contributed by atoms with Crippen molar-refractivity contribution in [3.8, 4) is 0 Å². The number of aromatic nitrogens is 2. The lowest BCUT2D eigenvalue weighted by atomic mass is 10.2. The molecule has 6 heteroatoms. The highest BCUT2D eigenvalue weighted by Crippen LogP contribution is 2.18. The third kappa shape index (κ3) is 5.10. The SMILES string of the molecule is CCNc1nc(Nc2ccccc2)ncc1/C=C/C(=O)OCC. The van der Waals surface area contributed by atoms with Gasteiger partial charge in [0.05, 0.1) is 6.61 Å². The van der Waals surface area contributed by atoms with E-state index in [0.717, 1.165) is 11.3 Å². The molecule has 6 nitrogen and oxygen atoms in total. The largest absolute Gasteiger partial charge is 0.463 e. The van der Waals surface area contributed by atoms with Crippen molar-refractivity contribution in [1.82, 2.24) is 9.97 Å².